The van der Waals surface area contributed by atoms with Crippen molar-refractivity contribution in [2.45, 2.75) is 51.2 Å². The first-order valence-electron chi connectivity index (χ1n) is 12.7. The summed E-state index contributed by atoms with van der Waals surface area (Å²) in [5, 5.41) is 17.7. The Kier molecular flexibility index (Phi) is 8.46. The van der Waals surface area contributed by atoms with E-state index in [1.54, 1.807) is 12.1 Å². The highest BCUT2D eigenvalue weighted by atomic mass is 35.5. The number of methoxy groups -OCH3 is 1. The van der Waals surface area contributed by atoms with Gasteiger partial charge < -0.3 is 10.1 Å². The predicted molar refractivity (Wildman–Crippen MR) is 160 cm³/mol. The number of hydrogen-bond acceptors (Lipinski definition) is 8. The van der Waals surface area contributed by atoms with Crippen molar-refractivity contribution in [3.8, 4) is 22.5 Å². The van der Waals surface area contributed by atoms with Crippen LogP contribution in [0.25, 0.3) is 22.5 Å². The van der Waals surface area contributed by atoms with Gasteiger partial charge in [-0.2, -0.15) is 0 Å². The Balaban J connectivity index is 1.34. The van der Waals surface area contributed by atoms with E-state index >= 15 is 0 Å². The van der Waals surface area contributed by atoms with Gasteiger partial charge in [0.15, 0.2) is 11.0 Å². The minimum Gasteiger partial charge on any atom is -0.465 e. The first-order valence-corrected chi connectivity index (χ1v) is 15.8. The van der Waals surface area contributed by atoms with Crippen LogP contribution in [0.3, 0.4) is 0 Å². The third kappa shape index (κ3) is 5.79. The Labute approximate surface area is 244 Å². The number of thioether (sulfide) groups is 1. The number of benzene rings is 1. The Hall–Kier alpha value is -2.66. The molecular formula is C28H29ClN4O3S3. The van der Waals surface area contributed by atoms with Crippen LogP contribution in [-0.4, -0.2) is 39.5 Å². The molecule has 1 amide bonds. The summed E-state index contributed by atoms with van der Waals surface area (Å²) >= 11 is 10.5. The Bertz CT molecular complexity index is 1510. The fraction of sp³-hybridized carbons (Fsp3) is 0.357. The van der Waals surface area contributed by atoms with Gasteiger partial charge in [0.1, 0.15) is 10.6 Å². The van der Waals surface area contributed by atoms with Crippen molar-refractivity contribution in [3.63, 3.8) is 0 Å². The van der Waals surface area contributed by atoms with Gasteiger partial charge in [-0.25, -0.2) is 4.79 Å². The Morgan fingerprint density at radius 2 is 1.92 bits per heavy atom. The molecule has 5 rings (SSSR count). The Morgan fingerprint density at radius 1 is 1.18 bits per heavy atom. The van der Waals surface area contributed by atoms with E-state index in [0.29, 0.717) is 32.2 Å². The summed E-state index contributed by atoms with van der Waals surface area (Å²) in [6, 6.07) is 7.31. The second-order valence-electron chi connectivity index (χ2n) is 9.86. The maximum Gasteiger partial charge on any atom is 0.341 e. The normalized spacial score (nSPS) is 14.9. The fourth-order valence-corrected chi connectivity index (χ4v) is 7.99. The topological polar surface area (TPSA) is 86.1 Å². The van der Waals surface area contributed by atoms with Crippen LogP contribution in [0.5, 0.6) is 0 Å². The van der Waals surface area contributed by atoms with Crippen LogP contribution in [0.4, 0.5) is 5.00 Å². The summed E-state index contributed by atoms with van der Waals surface area (Å²) in [5.41, 5.74) is 4.38. The molecule has 3 heterocycles. The SMILES string of the molecule is COC(=O)c1c(-c2ccc(Cl)cc2)csc1NC(=O)CSc1nnc(-c2csc3c2CCC(C)C3)n1C(C)C. The lowest BCUT2D eigenvalue weighted by Gasteiger charge is -2.19. The third-order valence-electron chi connectivity index (χ3n) is 6.74. The summed E-state index contributed by atoms with van der Waals surface area (Å²) in [6.45, 7) is 6.51. The molecule has 1 atom stereocenters. The molecule has 204 valence electrons. The molecule has 1 aromatic carbocycles. The molecule has 0 radical (unpaired) electrons. The highest BCUT2D eigenvalue weighted by Gasteiger charge is 2.26. The number of carbonyl (C=O) groups is 2. The molecule has 1 aliphatic carbocycles. The summed E-state index contributed by atoms with van der Waals surface area (Å²) in [4.78, 5) is 27.1. The number of amides is 1. The largest absolute Gasteiger partial charge is 0.465 e. The zero-order valence-electron chi connectivity index (χ0n) is 22.1. The van der Waals surface area contributed by atoms with Gasteiger partial charge >= 0.3 is 5.97 Å². The highest BCUT2D eigenvalue weighted by molar-refractivity contribution is 7.99. The van der Waals surface area contributed by atoms with Gasteiger partial charge in [0.25, 0.3) is 0 Å². The van der Waals surface area contributed by atoms with Crippen molar-refractivity contribution in [2.75, 3.05) is 18.2 Å². The first-order chi connectivity index (χ1) is 18.8. The number of anilines is 1. The highest BCUT2D eigenvalue weighted by Crippen LogP contribution is 2.40. The first kappa shape index (κ1) is 27.9. The number of ether oxygens (including phenoxy) is 1. The molecule has 11 heteroatoms. The summed E-state index contributed by atoms with van der Waals surface area (Å²) in [7, 11) is 1.33. The smallest absolute Gasteiger partial charge is 0.341 e. The summed E-state index contributed by atoms with van der Waals surface area (Å²) in [5.74, 6) is 0.942. The van der Waals surface area contributed by atoms with Crippen LogP contribution < -0.4 is 5.32 Å². The van der Waals surface area contributed by atoms with Gasteiger partial charge in [-0.1, -0.05) is 42.4 Å². The van der Waals surface area contributed by atoms with E-state index in [1.807, 2.05) is 28.8 Å². The van der Waals surface area contributed by atoms with Crippen molar-refractivity contribution < 1.29 is 14.3 Å². The number of nitrogens with zero attached hydrogens (tertiary/aromatic N) is 3. The molecule has 0 spiro atoms. The standard InChI is InChI=1S/C28H29ClN4O3S3/c1-15(2)33-25(21-13-37-22-11-16(3)5-10-19(21)22)31-32-28(33)39-14-23(34)30-26-24(27(35)36-4)20(12-38-26)17-6-8-18(29)9-7-17/h6-9,12-13,15-16H,5,10-11,14H2,1-4H3,(H,30,34). The van der Waals surface area contributed by atoms with Gasteiger partial charge in [0.05, 0.1) is 12.9 Å². The lowest BCUT2D eigenvalue weighted by molar-refractivity contribution is -0.113. The lowest BCUT2D eigenvalue weighted by atomic mass is 9.88. The van der Waals surface area contributed by atoms with Crippen LogP contribution in [-0.2, 0) is 22.4 Å². The number of rotatable bonds is 8. The van der Waals surface area contributed by atoms with Crippen LogP contribution >= 0.6 is 46.0 Å². The van der Waals surface area contributed by atoms with Crippen LogP contribution in [0.1, 0.15) is 54.0 Å². The molecular weight excluding hydrogens is 572 g/mol. The number of aromatic nitrogens is 3. The number of halogens is 1. The van der Waals surface area contributed by atoms with Crippen molar-refractivity contribution >= 4 is 62.9 Å². The number of hydrogen-bond donors (Lipinski definition) is 1. The van der Waals surface area contributed by atoms with E-state index in [2.05, 4.69) is 46.2 Å². The van der Waals surface area contributed by atoms with E-state index in [1.165, 1.54) is 47.1 Å². The van der Waals surface area contributed by atoms with Crippen LogP contribution in [0, 0.1) is 5.92 Å². The molecule has 0 saturated carbocycles. The number of esters is 1. The van der Waals surface area contributed by atoms with E-state index in [4.69, 9.17) is 16.3 Å². The average molecular weight is 601 g/mol. The average Bonchev–Trinajstić information content (AvgIpc) is 3.63. The molecule has 1 unspecified atom stereocenters. The molecule has 4 aromatic rings. The second kappa shape index (κ2) is 11.8. The lowest BCUT2D eigenvalue weighted by Crippen LogP contribution is -2.16. The molecule has 1 N–H and O–H groups in total. The molecule has 7 nitrogen and oxygen atoms in total. The van der Waals surface area contributed by atoms with Crippen molar-refractivity contribution in [1.29, 1.82) is 0 Å². The number of carbonyl (C=O) groups excluding carboxylic acids is 2. The van der Waals surface area contributed by atoms with E-state index in [9.17, 15) is 9.59 Å². The molecule has 1 aliphatic rings. The minimum atomic E-state index is -0.512. The molecule has 0 aliphatic heterocycles. The molecule has 0 fully saturated rings. The predicted octanol–water partition coefficient (Wildman–Crippen LogP) is 7.61. The van der Waals surface area contributed by atoms with Gasteiger partial charge in [-0.05, 0) is 62.3 Å². The maximum atomic E-state index is 13.0. The second-order valence-corrected chi connectivity index (χ2v) is 13.1. The quantitative estimate of drug-likeness (QED) is 0.165. The molecule has 0 bridgehead atoms. The Morgan fingerprint density at radius 3 is 2.64 bits per heavy atom. The van der Waals surface area contributed by atoms with E-state index < -0.39 is 5.97 Å². The van der Waals surface area contributed by atoms with Gasteiger partial charge in [0.2, 0.25) is 5.91 Å². The van der Waals surface area contributed by atoms with E-state index in [-0.39, 0.29) is 17.7 Å². The summed E-state index contributed by atoms with van der Waals surface area (Å²) in [6.07, 6.45) is 3.37. The van der Waals surface area contributed by atoms with E-state index in [0.717, 1.165) is 29.8 Å². The van der Waals surface area contributed by atoms with Gasteiger partial charge in [0, 0.05) is 37.8 Å². The zero-order valence-corrected chi connectivity index (χ0v) is 25.3. The van der Waals surface area contributed by atoms with Crippen LogP contribution in [0.15, 0.2) is 40.2 Å². The van der Waals surface area contributed by atoms with Crippen LogP contribution in [0.2, 0.25) is 5.02 Å². The van der Waals surface area contributed by atoms with Crippen molar-refractivity contribution in [2.24, 2.45) is 5.92 Å². The van der Waals surface area contributed by atoms with Crippen molar-refractivity contribution in [1.82, 2.24) is 14.8 Å². The number of nitrogens with one attached hydrogen (secondary N) is 1. The third-order valence-corrected chi connectivity index (χ3v) is 9.89. The molecule has 39 heavy (non-hydrogen) atoms. The molecule has 3 aromatic heterocycles. The molecule has 0 saturated heterocycles. The summed E-state index contributed by atoms with van der Waals surface area (Å²) < 4.78 is 7.14. The minimum absolute atomic E-state index is 0.124. The number of fused-ring (bicyclic) bond motifs is 1. The van der Waals surface area contributed by atoms with Gasteiger partial charge in [-0.3, -0.25) is 9.36 Å². The maximum absolute atomic E-state index is 13.0. The zero-order chi connectivity index (χ0) is 27.7. The fourth-order valence-electron chi connectivity index (χ4n) is 4.78. The van der Waals surface area contributed by atoms with Gasteiger partial charge in [-0.15, -0.1) is 32.9 Å². The van der Waals surface area contributed by atoms with Crippen molar-refractivity contribution in [3.05, 3.63) is 56.1 Å². The monoisotopic (exact) mass is 600 g/mol. The number of thiophene rings is 2.